The SMILES string of the molecule is CCC(CC)(CCc1ccc(C(F)(F)F)cc1)O[SiH3]. The van der Waals surface area contributed by atoms with Crippen molar-refractivity contribution >= 4 is 10.5 Å². The van der Waals surface area contributed by atoms with Crippen molar-refractivity contribution in [3.63, 3.8) is 0 Å². The van der Waals surface area contributed by atoms with E-state index in [9.17, 15) is 13.2 Å². The third-order valence-electron chi connectivity index (χ3n) is 3.87. The molecule has 0 bridgehead atoms. The summed E-state index contributed by atoms with van der Waals surface area (Å²) in [7, 11) is 0.686. The van der Waals surface area contributed by atoms with Crippen LogP contribution < -0.4 is 0 Å². The molecule has 0 aliphatic carbocycles. The third-order valence-corrected chi connectivity index (χ3v) is 4.74. The summed E-state index contributed by atoms with van der Waals surface area (Å²) in [5, 5.41) is 0. The van der Waals surface area contributed by atoms with E-state index in [1.807, 2.05) is 0 Å². The normalized spacial score (nSPS) is 12.9. The van der Waals surface area contributed by atoms with Crippen molar-refractivity contribution in [1.82, 2.24) is 0 Å². The Hall–Kier alpha value is -0.813. The molecule has 0 amide bonds. The van der Waals surface area contributed by atoms with Crippen molar-refractivity contribution in [2.24, 2.45) is 0 Å². The molecule has 1 nitrogen and oxygen atoms in total. The van der Waals surface area contributed by atoms with Crippen molar-refractivity contribution in [3.05, 3.63) is 35.4 Å². The molecule has 0 radical (unpaired) electrons. The minimum atomic E-state index is -4.26. The fraction of sp³-hybridized carbons (Fsp3) is 0.571. The Morgan fingerprint density at radius 2 is 1.58 bits per heavy atom. The highest BCUT2D eigenvalue weighted by Gasteiger charge is 2.30. The van der Waals surface area contributed by atoms with Crippen molar-refractivity contribution in [3.8, 4) is 0 Å². The van der Waals surface area contributed by atoms with E-state index in [-0.39, 0.29) is 5.60 Å². The van der Waals surface area contributed by atoms with Gasteiger partial charge in [-0.1, -0.05) is 26.0 Å². The van der Waals surface area contributed by atoms with E-state index >= 15 is 0 Å². The monoisotopic (exact) mass is 290 g/mol. The van der Waals surface area contributed by atoms with Crippen LogP contribution in [0.1, 0.15) is 44.2 Å². The Bertz CT molecular complexity index is 374. The zero-order chi connectivity index (χ0) is 14.5. The smallest absolute Gasteiger partial charge is 0.416 e. The van der Waals surface area contributed by atoms with Crippen LogP contribution in [-0.2, 0) is 17.0 Å². The summed E-state index contributed by atoms with van der Waals surface area (Å²) in [6.45, 7) is 4.18. The molecular formula is C14H21F3OSi. The van der Waals surface area contributed by atoms with Gasteiger partial charge in [-0.25, -0.2) is 0 Å². The number of benzene rings is 1. The predicted octanol–water partition coefficient (Wildman–Crippen LogP) is 3.49. The van der Waals surface area contributed by atoms with E-state index < -0.39 is 11.7 Å². The van der Waals surface area contributed by atoms with Gasteiger partial charge in [0.1, 0.15) is 10.5 Å². The van der Waals surface area contributed by atoms with Crippen LogP contribution in [-0.4, -0.2) is 16.1 Å². The summed E-state index contributed by atoms with van der Waals surface area (Å²) in [5.74, 6) is 0. The molecule has 1 rings (SSSR count). The Balaban J connectivity index is 2.69. The van der Waals surface area contributed by atoms with Crippen LogP contribution in [0, 0.1) is 0 Å². The highest BCUT2D eigenvalue weighted by atomic mass is 28.2. The zero-order valence-electron chi connectivity index (χ0n) is 11.7. The minimum Gasteiger partial charge on any atom is -0.422 e. The summed E-state index contributed by atoms with van der Waals surface area (Å²) in [6, 6.07) is 5.42. The Morgan fingerprint density at radius 1 is 1.05 bits per heavy atom. The second-order valence-corrected chi connectivity index (χ2v) is 5.20. The van der Waals surface area contributed by atoms with Crippen LogP contribution in [0.25, 0.3) is 0 Å². The molecule has 0 fully saturated rings. The van der Waals surface area contributed by atoms with Gasteiger partial charge in [-0.05, 0) is 43.4 Å². The van der Waals surface area contributed by atoms with Gasteiger partial charge in [0.15, 0.2) is 0 Å². The topological polar surface area (TPSA) is 9.23 Å². The summed E-state index contributed by atoms with van der Waals surface area (Å²) < 4.78 is 43.0. The van der Waals surface area contributed by atoms with Crippen LogP contribution >= 0.6 is 0 Å². The van der Waals surface area contributed by atoms with E-state index in [0.717, 1.165) is 43.4 Å². The molecule has 0 saturated carbocycles. The van der Waals surface area contributed by atoms with E-state index in [1.165, 1.54) is 0 Å². The first-order chi connectivity index (χ1) is 8.87. The first kappa shape index (κ1) is 16.2. The number of rotatable bonds is 6. The lowest BCUT2D eigenvalue weighted by molar-refractivity contribution is -0.137. The minimum absolute atomic E-state index is 0.102. The van der Waals surface area contributed by atoms with Crippen molar-refractivity contribution < 1.29 is 17.6 Å². The molecule has 0 aliphatic heterocycles. The molecule has 5 heteroatoms. The molecule has 1 aromatic carbocycles. The summed E-state index contributed by atoms with van der Waals surface area (Å²) in [5.41, 5.74) is 0.236. The maximum Gasteiger partial charge on any atom is 0.416 e. The lowest BCUT2D eigenvalue weighted by atomic mass is 9.90. The molecule has 0 atom stereocenters. The van der Waals surface area contributed by atoms with Crippen molar-refractivity contribution in [1.29, 1.82) is 0 Å². The molecule has 0 heterocycles. The quantitative estimate of drug-likeness (QED) is 0.729. The molecule has 0 spiro atoms. The molecule has 0 aromatic heterocycles. The average Bonchev–Trinajstić information content (AvgIpc) is 2.40. The summed E-state index contributed by atoms with van der Waals surface area (Å²) in [4.78, 5) is 0. The molecule has 19 heavy (non-hydrogen) atoms. The molecule has 0 aliphatic rings. The van der Waals surface area contributed by atoms with Gasteiger partial charge in [-0.2, -0.15) is 13.2 Å². The van der Waals surface area contributed by atoms with Gasteiger partial charge in [0.2, 0.25) is 0 Å². The average molecular weight is 290 g/mol. The standard InChI is InChI=1S/C14H21F3OSi/c1-3-13(4-2,18-19)10-9-11-5-7-12(8-6-11)14(15,16)17/h5-8H,3-4,9-10H2,1-2,19H3. The first-order valence-electron chi connectivity index (χ1n) is 6.58. The lowest BCUT2D eigenvalue weighted by Crippen LogP contribution is -2.30. The molecule has 1 aromatic rings. The van der Waals surface area contributed by atoms with Crippen LogP contribution in [0.2, 0.25) is 0 Å². The fourth-order valence-electron chi connectivity index (χ4n) is 2.23. The third kappa shape index (κ3) is 4.35. The van der Waals surface area contributed by atoms with Gasteiger partial charge < -0.3 is 4.43 Å². The largest absolute Gasteiger partial charge is 0.422 e. The first-order valence-corrected chi connectivity index (χ1v) is 7.40. The van der Waals surface area contributed by atoms with Crippen LogP contribution in [0.5, 0.6) is 0 Å². The molecule has 0 unspecified atom stereocenters. The van der Waals surface area contributed by atoms with Gasteiger partial charge in [-0.15, -0.1) is 0 Å². The molecule has 108 valence electrons. The van der Waals surface area contributed by atoms with E-state index in [2.05, 4.69) is 13.8 Å². The van der Waals surface area contributed by atoms with E-state index in [0.29, 0.717) is 10.5 Å². The highest BCUT2D eigenvalue weighted by Crippen LogP contribution is 2.30. The fourth-order valence-corrected chi connectivity index (χ4v) is 3.01. The van der Waals surface area contributed by atoms with Gasteiger partial charge >= 0.3 is 6.18 Å². The Labute approximate surface area is 115 Å². The lowest BCUT2D eigenvalue weighted by Gasteiger charge is -2.31. The van der Waals surface area contributed by atoms with Crippen LogP contribution in [0.3, 0.4) is 0 Å². The zero-order valence-corrected chi connectivity index (χ0v) is 13.7. The predicted molar refractivity (Wildman–Crippen MR) is 74.1 cm³/mol. The highest BCUT2D eigenvalue weighted by molar-refractivity contribution is 5.98. The number of alkyl halides is 3. The van der Waals surface area contributed by atoms with Gasteiger partial charge in [0.05, 0.1) is 11.2 Å². The van der Waals surface area contributed by atoms with Gasteiger partial charge in [-0.3, -0.25) is 0 Å². The van der Waals surface area contributed by atoms with E-state index in [1.54, 1.807) is 12.1 Å². The number of halogens is 3. The number of hydrogen-bond acceptors (Lipinski definition) is 1. The van der Waals surface area contributed by atoms with Crippen LogP contribution in [0.15, 0.2) is 24.3 Å². The molecule has 0 saturated heterocycles. The van der Waals surface area contributed by atoms with E-state index in [4.69, 9.17) is 4.43 Å². The molecule has 0 N–H and O–H groups in total. The van der Waals surface area contributed by atoms with Crippen LogP contribution in [0.4, 0.5) is 13.2 Å². The van der Waals surface area contributed by atoms with Gasteiger partial charge in [0, 0.05) is 0 Å². The maximum atomic E-state index is 12.4. The number of aryl methyl sites for hydroxylation is 1. The van der Waals surface area contributed by atoms with Gasteiger partial charge in [0.25, 0.3) is 0 Å². The summed E-state index contributed by atoms with van der Waals surface area (Å²) in [6.07, 6.45) is -0.772. The summed E-state index contributed by atoms with van der Waals surface area (Å²) >= 11 is 0. The maximum absolute atomic E-state index is 12.4. The second-order valence-electron chi connectivity index (χ2n) is 4.79. The Morgan fingerprint density at radius 3 is 1.95 bits per heavy atom. The van der Waals surface area contributed by atoms with Crippen molar-refractivity contribution in [2.45, 2.75) is 51.3 Å². The molecular weight excluding hydrogens is 269 g/mol. The van der Waals surface area contributed by atoms with Crippen molar-refractivity contribution in [2.75, 3.05) is 0 Å². The Kier molecular flexibility index (Phi) is 5.61. The number of hydrogen-bond donors (Lipinski definition) is 0. The second kappa shape index (κ2) is 6.57.